The van der Waals surface area contributed by atoms with E-state index in [-0.39, 0.29) is 5.92 Å². The van der Waals surface area contributed by atoms with Crippen LogP contribution < -0.4 is 5.32 Å². The Labute approximate surface area is 133 Å². The van der Waals surface area contributed by atoms with Crippen LogP contribution in [0, 0.1) is 6.04 Å². The number of hydrogen-bond donors (Lipinski definition) is 1. The summed E-state index contributed by atoms with van der Waals surface area (Å²) in [6.07, 6.45) is 2.04. The first-order chi connectivity index (χ1) is 10.9. The molecule has 1 saturated heterocycles. The van der Waals surface area contributed by atoms with E-state index in [2.05, 4.69) is 77.5 Å². The molecular weight excluding hydrogens is 268 g/mol. The van der Waals surface area contributed by atoms with Crippen LogP contribution in [-0.2, 0) is 0 Å². The molecule has 1 aliphatic heterocycles. The maximum absolute atomic E-state index is 4.11. The molecule has 2 heteroatoms. The van der Waals surface area contributed by atoms with Gasteiger partial charge in [0.2, 0.25) is 0 Å². The molecule has 0 bridgehead atoms. The van der Waals surface area contributed by atoms with Crippen LogP contribution in [0.1, 0.15) is 17.0 Å². The van der Waals surface area contributed by atoms with Crippen molar-refractivity contribution in [2.45, 2.75) is 5.92 Å². The third kappa shape index (κ3) is 3.29. The monoisotopic (exact) mass is 291 g/mol. The van der Waals surface area contributed by atoms with Crippen LogP contribution in [0.4, 0.5) is 0 Å². The molecule has 0 spiro atoms. The summed E-state index contributed by atoms with van der Waals surface area (Å²) in [7, 11) is 0. The van der Waals surface area contributed by atoms with E-state index in [1.54, 1.807) is 0 Å². The third-order valence-electron chi connectivity index (χ3n) is 4.25. The van der Waals surface area contributed by atoms with Gasteiger partial charge in [-0.05, 0) is 11.1 Å². The van der Waals surface area contributed by atoms with Crippen LogP contribution >= 0.6 is 0 Å². The fourth-order valence-electron chi connectivity index (χ4n) is 3.18. The molecule has 1 N–H and O–H groups in total. The summed E-state index contributed by atoms with van der Waals surface area (Å²) in [6, 6.07) is 22.8. The molecule has 0 saturated carbocycles. The highest BCUT2D eigenvalue weighted by molar-refractivity contribution is 5.40. The Bertz CT molecular complexity index is 534. The summed E-state index contributed by atoms with van der Waals surface area (Å²) in [5.74, 6) is 0.248. The fraction of sp³-hybridized carbons (Fsp3) is 0.250. The van der Waals surface area contributed by atoms with Gasteiger partial charge in [0.05, 0.1) is 6.04 Å². The van der Waals surface area contributed by atoms with E-state index in [9.17, 15) is 0 Å². The number of benzene rings is 2. The largest absolute Gasteiger partial charge is 0.314 e. The van der Waals surface area contributed by atoms with Crippen molar-refractivity contribution in [2.24, 2.45) is 0 Å². The van der Waals surface area contributed by atoms with Crippen molar-refractivity contribution < 1.29 is 0 Å². The zero-order valence-corrected chi connectivity index (χ0v) is 12.9. The van der Waals surface area contributed by atoms with Crippen LogP contribution in [0.5, 0.6) is 0 Å². The minimum absolute atomic E-state index is 0.248. The SMILES string of the molecule is C=C[C](C(c1ccccc1)c1ccccc1)N1CCNCC1. The first kappa shape index (κ1) is 15.0. The maximum Gasteiger partial charge on any atom is 0.0730 e. The molecule has 3 rings (SSSR count). The van der Waals surface area contributed by atoms with Gasteiger partial charge in [-0.1, -0.05) is 66.7 Å². The second kappa shape index (κ2) is 7.39. The van der Waals surface area contributed by atoms with E-state index >= 15 is 0 Å². The Morgan fingerprint density at radius 3 is 1.86 bits per heavy atom. The zero-order valence-electron chi connectivity index (χ0n) is 12.9. The molecule has 113 valence electrons. The van der Waals surface area contributed by atoms with Crippen molar-refractivity contribution in [1.29, 1.82) is 0 Å². The summed E-state index contributed by atoms with van der Waals surface area (Å²) >= 11 is 0. The number of rotatable bonds is 5. The quantitative estimate of drug-likeness (QED) is 0.908. The normalized spacial score (nSPS) is 16.1. The van der Waals surface area contributed by atoms with Gasteiger partial charge in [-0.25, -0.2) is 0 Å². The minimum Gasteiger partial charge on any atom is -0.314 e. The predicted octanol–water partition coefficient (Wildman–Crippen LogP) is 3.44. The van der Waals surface area contributed by atoms with E-state index < -0.39 is 0 Å². The number of nitrogens with one attached hydrogen (secondary N) is 1. The smallest absolute Gasteiger partial charge is 0.0730 e. The zero-order chi connectivity index (χ0) is 15.2. The van der Waals surface area contributed by atoms with Gasteiger partial charge >= 0.3 is 0 Å². The van der Waals surface area contributed by atoms with Crippen LogP contribution in [0.2, 0.25) is 0 Å². The molecule has 1 heterocycles. The number of nitrogens with zero attached hydrogens (tertiary/aromatic N) is 1. The molecule has 2 aromatic carbocycles. The Balaban J connectivity index is 1.98. The Kier molecular flexibility index (Phi) is 5.04. The van der Waals surface area contributed by atoms with Crippen LogP contribution in [0.3, 0.4) is 0 Å². The van der Waals surface area contributed by atoms with E-state index in [1.165, 1.54) is 17.2 Å². The molecule has 0 aromatic heterocycles. The molecule has 1 radical (unpaired) electrons. The highest BCUT2D eigenvalue weighted by Gasteiger charge is 2.29. The summed E-state index contributed by atoms with van der Waals surface area (Å²) < 4.78 is 0. The van der Waals surface area contributed by atoms with Gasteiger partial charge in [0.15, 0.2) is 0 Å². The highest BCUT2D eigenvalue weighted by atomic mass is 15.2. The Morgan fingerprint density at radius 2 is 1.41 bits per heavy atom. The van der Waals surface area contributed by atoms with Gasteiger partial charge < -0.3 is 5.32 Å². The topological polar surface area (TPSA) is 15.3 Å². The van der Waals surface area contributed by atoms with Crippen molar-refractivity contribution in [3.63, 3.8) is 0 Å². The van der Waals surface area contributed by atoms with Crippen molar-refractivity contribution in [1.82, 2.24) is 10.2 Å². The molecule has 2 aromatic rings. The van der Waals surface area contributed by atoms with Gasteiger partial charge in [0, 0.05) is 32.1 Å². The van der Waals surface area contributed by atoms with Gasteiger partial charge in [0.25, 0.3) is 0 Å². The summed E-state index contributed by atoms with van der Waals surface area (Å²) in [6.45, 7) is 8.26. The molecule has 1 aliphatic rings. The van der Waals surface area contributed by atoms with Crippen LogP contribution in [0.15, 0.2) is 73.3 Å². The second-order valence-electron chi connectivity index (χ2n) is 5.62. The summed E-state index contributed by atoms with van der Waals surface area (Å²) in [5, 5.41) is 3.42. The molecular formula is C20H23N2. The van der Waals surface area contributed by atoms with E-state index in [0.717, 1.165) is 26.2 Å². The lowest BCUT2D eigenvalue weighted by Gasteiger charge is -2.37. The first-order valence-corrected chi connectivity index (χ1v) is 7.95. The van der Waals surface area contributed by atoms with Crippen LogP contribution in [-0.4, -0.2) is 31.1 Å². The van der Waals surface area contributed by atoms with Crippen molar-refractivity contribution >= 4 is 0 Å². The number of hydrogen-bond acceptors (Lipinski definition) is 2. The van der Waals surface area contributed by atoms with Crippen molar-refractivity contribution in [2.75, 3.05) is 26.2 Å². The molecule has 22 heavy (non-hydrogen) atoms. The lowest BCUT2D eigenvalue weighted by Crippen LogP contribution is -2.46. The Hall–Kier alpha value is -1.90. The predicted molar refractivity (Wildman–Crippen MR) is 92.6 cm³/mol. The van der Waals surface area contributed by atoms with E-state index in [0.29, 0.717) is 0 Å². The second-order valence-corrected chi connectivity index (χ2v) is 5.62. The standard InChI is InChI=1S/C20H23N2/c1-2-19(22-15-13-21-14-16-22)20(17-9-5-3-6-10-17)18-11-7-4-8-12-18/h2-12,20-21H,1,13-16H2. The third-order valence-corrected chi connectivity index (χ3v) is 4.25. The van der Waals surface area contributed by atoms with Gasteiger partial charge in [-0.2, -0.15) is 0 Å². The van der Waals surface area contributed by atoms with Crippen molar-refractivity contribution in [3.8, 4) is 0 Å². The number of piperazine rings is 1. The first-order valence-electron chi connectivity index (χ1n) is 7.95. The maximum atomic E-state index is 4.11. The average molecular weight is 291 g/mol. The minimum atomic E-state index is 0.248. The lowest BCUT2D eigenvalue weighted by molar-refractivity contribution is 0.252. The van der Waals surface area contributed by atoms with Gasteiger partial charge in [-0.15, -0.1) is 6.58 Å². The molecule has 2 nitrogen and oxygen atoms in total. The molecule has 0 unspecified atom stereocenters. The summed E-state index contributed by atoms with van der Waals surface area (Å²) in [4.78, 5) is 2.47. The lowest BCUT2D eigenvalue weighted by atomic mass is 9.84. The molecule has 1 fully saturated rings. The molecule has 0 atom stereocenters. The van der Waals surface area contributed by atoms with Gasteiger partial charge in [-0.3, -0.25) is 4.90 Å². The average Bonchev–Trinajstić information content (AvgIpc) is 2.62. The van der Waals surface area contributed by atoms with Crippen molar-refractivity contribution in [3.05, 3.63) is 90.5 Å². The van der Waals surface area contributed by atoms with E-state index in [1.807, 2.05) is 6.08 Å². The Morgan fingerprint density at radius 1 is 0.909 bits per heavy atom. The molecule has 0 amide bonds. The summed E-state index contributed by atoms with van der Waals surface area (Å²) in [5.41, 5.74) is 2.64. The van der Waals surface area contributed by atoms with Crippen LogP contribution in [0.25, 0.3) is 0 Å². The van der Waals surface area contributed by atoms with Gasteiger partial charge in [0.1, 0.15) is 0 Å². The van der Waals surface area contributed by atoms with E-state index in [4.69, 9.17) is 0 Å². The fourth-order valence-corrected chi connectivity index (χ4v) is 3.18. The molecule has 0 aliphatic carbocycles. The highest BCUT2D eigenvalue weighted by Crippen LogP contribution is 2.36.